The highest BCUT2D eigenvalue weighted by molar-refractivity contribution is 6.08. The number of hydrogen-bond acceptors (Lipinski definition) is 6. The van der Waals surface area contributed by atoms with Crippen LogP contribution in [0.5, 0.6) is 0 Å². The van der Waals surface area contributed by atoms with Crippen LogP contribution in [0.3, 0.4) is 0 Å². The van der Waals surface area contributed by atoms with Crippen LogP contribution in [-0.4, -0.2) is 39.2 Å². The number of aromatic carboxylic acids is 1. The second-order valence-electron chi connectivity index (χ2n) is 7.70. The molecule has 0 aliphatic heterocycles. The predicted molar refractivity (Wildman–Crippen MR) is 124 cm³/mol. The fourth-order valence-corrected chi connectivity index (χ4v) is 3.10. The molecule has 0 spiro atoms. The van der Waals surface area contributed by atoms with E-state index in [9.17, 15) is 19.8 Å². The first-order valence-electron chi connectivity index (χ1n) is 10.1. The smallest absolute Gasteiger partial charge is 0.344 e. The minimum atomic E-state index is -1.95. The van der Waals surface area contributed by atoms with Crippen LogP contribution in [0.25, 0.3) is 11.1 Å². The molecule has 0 amide bonds. The third-order valence-corrected chi connectivity index (χ3v) is 4.30. The fraction of sp³-hybridized carbons (Fsp3) is 0.348. The van der Waals surface area contributed by atoms with Crippen LogP contribution in [0.4, 0.5) is 0 Å². The van der Waals surface area contributed by atoms with Crippen molar-refractivity contribution in [2.45, 2.75) is 52.2 Å². The minimum Gasteiger partial charge on any atom is -0.479 e. The van der Waals surface area contributed by atoms with E-state index in [1.807, 2.05) is 19.4 Å². The number of rotatable bonds is 8. The van der Waals surface area contributed by atoms with Gasteiger partial charge in [-0.25, -0.2) is 21.0 Å². The Morgan fingerprint density at radius 2 is 1.59 bits per heavy atom. The Balaban J connectivity index is 0.00000249. The summed E-state index contributed by atoms with van der Waals surface area (Å²) in [7, 11) is 0. The number of nitrogens with one attached hydrogen (secondary N) is 1. The zero-order valence-corrected chi connectivity index (χ0v) is 19.0. The quantitative estimate of drug-likeness (QED) is 0.180. The molecule has 1 unspecified atom stereocenters. The van der Waals surface area contributed by atoms with Gasteiger partial charge in [0, 0.05) is 6.42 Å². The van der Waals surface area contributed by atoms with E-state index in [1.165, 1.54) is 6.07 Å². The van der Waals surface area contributed by atoms with Gasteiger partial charge in [-0.3, -0.25) is 0 Å². The average Bonchev–Trinajstić information content (AvgIpc) is 2.74. The number of carbonyl (C=O) groups is 2. The van der Waals surface area contributed by atoms with Gasteiger partial charge < -0.3 is 20.7 Å². The molecule has 1 atom stereocenters. The largest absolute Gasteiger partial charge is 0.479 e. The number of hydrazone groups is 1. The van der Waals surface area contributed by atoms with Crippen LogP contribution >= 0.6 is 0 Å². The molecule has 2 rings (SSSR count). The molecule has 0 radical (unpaired) electrons. The average molecular weight is 445 g/mol. The molecule has 174 valence electrons. The van der Waals surface area contributed by atoms with Crippen molar-refractivity contribution in [3.63, 3.8) is 0 Å². The Morgan fingerprint density at radius 3 is 2.06 bits per heavy atom. The van der Waals surface area contributed by atoms with Crippen molar-refractivity contribution in [2.75, 3.05) is 0 Å². The molecule has 9 nitrogen and oxygen atoms in total. The van der Waals surface area contributed by atoms with Crippen molar-refractivity contribution in [2.24, 2.45) is 16.7 Å². The number of nitrogens with zero attached hydrogens (tertiary/aromatic N) is 1. The number of hydrazine groups is 1. The second kappa shape index (κ2) is 11.3. The Labute approximate surface area is 188 Å². The molecule has 0 heterocycles. The molecular formula is C23H32N4O5. The van der Waals surface area contributed by atoms with E-state index in [0.717, 1.165) is 0 Å². The maximum absolute atomic E-state index is 12.2. The number of carboxylic acids is 2. The van der Waals surface area contributed by atoms with Gasteiger partial charge in [0.15, 0.2) is 5.84 Å². The molecule has 0 aliphatic rings. The Morgan fingerprint density at radius 1 is 1.03 bits per heavy atom. The number of nitrogens with two attached hydrogens (primary N) is 2. The minimum absolute atomic E-state index is 0.114. The zero-order valence-electron chi connectivity index (χ0n) is 19.0. The molecule has 32 heavy (non-hydrogen) atoms. The normalized spacial score (nSPS) is 13.4. The number of ether oxygens (including phenoxy) is 1. The van der Waals surface area contributed by atoms with Crippen LogP contribution in [0.2, 0.25) is 0 Å². The van der Waals surface area contributed by atoms with Gasteiger partial charge in [-0.1, -0.05) is 56.3 Å². The lowest BCUT2D eigenvalue weighted by Crippen LogP contribution is -2.58. The first kappa shape index (κ1) is 26.6. The molecule has 0 saturated carbocycles. The molecule has 7 N–H and O–H groups in total. The standard InChI is InChI=1S/C21H26N4O5.C2H6/c1-20(2,3)30-21(19(28)29,18(22)24-25-23)12-13-8-10-14(11-9-13)15-6-4-5-7-16(15)17(26)27;1-2/h4-11,25H,12,23H2,1-3H3,(H2,22,24)(H,26,27)(H,28,29);1-2H3. The molecule has 9 heteroatoms. The van der Waals surface area contributed by atoms with Crippen molar-refractivity contribution in [1.29, 1.82) is 0 Å². The third kappa shape index (κ3) is 6.53. The number of amidine groups is 1. The maximum Gasteiger partial charge on any atom is 0.344 e. The van der Waals surface area contributed by atoms with Crippen molar-refractivity contribution in [3.8, 4) is 11.1 Å². The summed E-state index contributed by atoms with van der Waals surface area (Å²) in [6.45, 7) is 9.12. The van der Waals surface area contributed by atoms with Crippen LogP contribution in [0, 0.1) is 0 Å². The molecular weight excluding hydrogens is 412 g/mol. The molecule has 0 bridgehead atoms. The summed E-state index contributed by atoms with van der Waals surface area (Å²) >= 11 is 0. The highest BCUT2D eigenvalue weighted by Crippen LogP contribution is 2.28. The topological polar surface area (TPSA) is 160 Å². The Hall–Kier alpha value is -3.43. The number of aliphatic carboxylic acids is 1. The fourth-order valence-electron chi connectivity index (χ4n) is 3.10. The van der Waals surface area contributed by atoms with Crippen molar-refractivity contribution in [1.82, 2.24) is 5.53 Å². The van der Waals surface area contributed by atoms with Gasteiger partial charge in [0.2, 0.25) is 5.60 Å². The Kier molecular flexibility index (Phi) is 9.36. The maximum atomic E-state index is 12.2. The lowest BCUT2D eigenvalue weighted by molar-refractivity contribution is -0.170. The SMILES string of the molecule is CC.CC(C)(C)OC(Cc1ccc(-c2ccccc2C(=O)O)cc1)(C(=O)O)/C(N)=N/NN. The summed E-state index contributed by atoms with van der Waals surface area (Å²) in [5, 5.41) is 23.0. The van der Waals surface area contributed by atoms with Crippen molar-refractivity contribution < 1.29 is 24.5 Å². The summed E-state index contributed by atoms with van der Waals surface area (Å²) in [4.78, 5) is 23.7. The second-order valence-corrected chi connectivity index (χ2v) is 7.70. The predicted octanol–water partition coefficient (Wildman–Crippen LogP) is 2.99. The van der Waals surface area contributed by atoms with Crippen LogP contribution < -0.4 is 17.1 Å². The van der Waals surface area contributed by atoms with E-state index in [4.69, 9.17) is 16.3 Å². The molecule has 2 aromatic rings. The number of benzene rings is 2. The van der Waals surface area contributed by atoms with Gasteiger partial charge >= 0.3 is 11.9 Å². The van der Waals surface area contributed by atoms with Gasteiger partial charge in [-0.2, -0.15) is 0 Å². The van der Waals surface area contributed by atoms with Gasteiger partial charge in [0.1, 0.15) is 0 Å². The van der Waals surface area contributed by atoms with Crippen LogP contribution in [0.15, 0.2) is 53.6 Å². The van der Waals surface area contributed by atoms with Crippen LogP contribution in [0.1, 0.15) is 50.5 Å². The molecule has 0 aromatic heterocycles. The summed E-state index contributed by atoms with van der Waals surface area (Å²) in [5.41, 5.74) is 7.16. The number of hydrogen-bond donors (Lipinski definition) is 5. The first-order valence-corrected chi connectivity index (χ1v) is 10.1. The van der Waals surface area contributed by atoms with Crippen molar-refractivity contribution in [3.05, 3.63) is 59.7 Å². The van der Waals surface area contributed by atoms with E-state index < -0.39 is 23.1 Å². The highest BCUT2D eigenvalue weighted by atomic mass is 16.5. The van der Waals surface area contributed by atoms with Crippen molar-refractivity contribution >= 4 is 17.8 Å². The van der Waals surface area contributed by atoms with Gasteiger partial charge in [-0.05, 0) is 43.5 Å². The van der Waals surface area contributed by atoms with Crippen LogP contribution in [-0.2, 0) is 16.0 Å². The number of carboxylic acid groups (broad SMARTS) is 2. The summed E-state index contributed by atoms with van der Waals surface area (Å²) in [6.07, 6.45) is -0.114. The van der Waals surface area contributed by atoms with Gasteiger partial charge in [0.05, 0.1) is 11.2 Å². The first-order chi connectivity index (χ1) is 15.0. The molecule has 0 fully saturated rings. The monoisotopic (exact) mass is 444 g/mol. The lowest BCUT2D eigenvalue weighted by Gasteiger charge is -2.35. The lowest BCUT2D eigenvalue weighted by atomic mass is 9.90. The highest BCUT2D eigenvalue weighted by Gasteiger charge is 2.47. The zero-order chi connectivity index (χ0) is 24.5. The summed E-state index contributed by atoms with van der Waals surface area (Å²) in [6, 6.07) is 13.5. The Bertz CT molecular complexity index is 952. The van der Waals surface area contributed by atoms with E-state index in [2.05, 4.69) is 5.10 Å². The van der Waals surface area contributed by atoms with E-state index in [-0.39, 0.29) is 17.8 Å². The molecule has 0 saturated heterocycles. The molecule has 0 aliphatic carbocycles. The third-order valence-electron chi connectivity index (χ3n) is 4.30. The van der Waals surface area contributed by atoms with E-state index in [1.54, 1.807) is 63.2 Å². The van der Waals surface area contributed by atoms with Gasteiger partial charge in [-0.15, -0.1) is 5.10 Å². The van der Waals surface area contributed by atoms with Gasteiger partial charge in [0.25, 0.3) is 0 Å². The molecule has 2 aromatic carbocycles. The van der Waals surface area contributed by atoms with E-state index >= 15 is 0 Å². The summed E-state index contributed by atoms with van der Waals surface area (Å²) in [5.74, 6) is 2.52. The summed E-state index contributed by atoms with van der Waals surface area (Å²) < 4.78 is 5.84. The van der Waals surface area contributed by atoms with E-state index in [0.29, 0.717) is 16.7 Å².